The molecule has 0 heterocycles. The number of aliphatic hydroxyl groups excluding tert-OH is 1. The second-order valence-corrected chi connectivity index (χ2v) is 4.75. The summed E-state index contributed by atoms with van der Waals surface area (Å²) in [4.78, 5) is 0. The molecule has 0 radical (unpaired) electrons. The molecule has 0 amide bonds. The molecule has 0 unspecified atom stereocenters. The summed E-state index contributed by atoms with van der Waals surface area (Å²) in [6, 6.07) is 12.1. The maximum Gasteiger partial charge on any atom is 0.264 e. The number of halogens is 3. The molecule has 2 aromatic rings. The highest BCUT2D eigenvalue weighted by molar-refractivity contribution is 9.10. The number of alkyl halides is 2. The number of aliphatic hydroxyl groups is 1. The molecule has 0 fully saturated rings. The van der Waals surface area contributed by atoms with Gasteiger partial charge in [-0.2, -0.15) is 0 Å². The molecule has 0 spiro atoms. The van der Waals surface area contributed by atoms with Gasteiger partial charge in [-0.3, -0.25) is 0 Å². The molecule has 1 N–H and O–H groups in total. The zero-order chi connectivity index (χ0) is 13.1. The fraction of sp³-hybridized carbons (Fsp3) is 0.143. The van der Waals surface area contributed by atoms with E-state index in [4.69, 9.17) is 5.11 Å². The van der Waals surface area contributed by atoms with Crippen LogP contribution in [0.5, 0.6) is 0 Å². The van der Waals surface area contributed by atoms with Crippen LogP contribution in [0.1, 0.15) is 17.6 Å². The molecule has 2 aromatic carbocycles. The Morgan fingerprint density at radius 3 is 2.39 bits per heavy atom. The molecule has 0 aliphatic heterocycles. The molecular weight excluding hydrogens is 302 g/mol. The fourth-order valence-electron chi connectivity index (χ4n) is 1.73. The van der Waals surface area contributed by atoms with E-state index in [0.29, 0.717) is 4.47 Å². The standard InChI is InChI=1S/C14H11BrF2O/c15-13-7-11(4-5-12(13)14(16)17)10-3-1-2-9(6-10)8-18/h1-7,14,18H,8H2. The third-order valence-corrected chi connectivity index (χ3v) is 3.37. The van der Waals surface area contributed by atoms with Gasteiger partial charge in [-0.1, -0.05) is 46.3 Å². The van der Waals surface area contributed by atoms with Crippen molar-refractivity contribution in [1.29, 1.82) is 0 Å². The second-order valence-electron chi connectivity index (χ2n) is 3.90. The Balaban J connectivity index is 2.42. The zero-order valence-corrected chi connectivity index (χ0v) is 11.0. The van der Waals surface area contributed by atoms with Crippen LogP contribution in [0.3, 0.4) is 0 Å². The minimum absolute atomic E-state index is 0.0166. The van der Waals surface area contributed by atoms with Crippen molar-refractivity contribution in [1.82, 2.24) is 0 Å². The Morgan fingerprint density at radius 2 is 1.78 bits per heavy atom. The van der Waals surface area contributed by atoms with Gasteiger partial charge in [0.15, 0.2) is 0 Å². The number of hydrogen-bond donors (Lipinski definition) is 1. The summed E-state index contributed by atoms with van der Waals surface area (Å²) < 4.78 is 25.6. The summed E-state index contributed by atoms with van der Waals surface area (Å²) in [5.41, 5.74) is 2.50. The monoisotopic (exact) mass is 312 g/mol. The predicted molar refractivity (Wildman–Crippen MR) is 70.5 cm³/mol. The van der Waals surface area contributed by atoms with Crippen LogP contribution < -0.4 is 0 Å². The van der Waals surface area contributed by atoms with E-state index in [1.54, 1.807) is 12.1 Å². The van der Waals surface area contributed by atoms with Gasteiger partial charge in [-0.15, -0.1) is 0 Å². The third-order valence-electron chi connectivity index (χ3n) is 2.68. The maximum atomic E-state index is 12.6. The molecule has 0 atom stereocenters. The first kappa shape index (κ1) is 13.2. The average molecular weight is 313 g/mol. The van der Waals surface area contributed by atoms with Crippen LogP contribution in [0, 0.1) is 0 Å². The van der Waals surface area contributed by atoms with Crippen LogP contribution in [-0.4, -0.2) is 5.11 Å². The molecule has 1 nitrogen and oxygen atoms in total. The van der Waals surface area contributed by atoms with Gasteiger partial charge in [0, 0.05) is 10.0 Å². The van der Waals surface area contributed by atoms with Gasteiger partial charge in [0.1, 0.15) is 0 Å². The lowest BCUT2D eigenvalue weighted by Gasteiger charge is -2.08. The van der Waals surface area contributed by atoms with Crippen molar-refractivity contribution in [2.75, 3.05) is 0 Å². The van der Waals surface area contributed by atoms with Crippen LogP contribution in [0.4, 0.5) is 8.78 Å². The normalized spacial score (nSPS) is 10.9. The summed E-state index contributed by atoms with van der Waals surface area (Å²) in [7, 11) is 0. The van der Waals surface area contributed by atoms with E-state index in [9.17, 15) is 8.78 Å². The first-order valence-corrected chi connectivity index (χ1v) is 6.19. The molecular formula is C14H11BrF2O. The summed E-state index contributed by atoms with van der Waals surface area (Å²) >= 11 is 3.15. The molecule has 4 heteroatoms. The van der Waals surface area contributed by atoms with Crippen molar-refractivity contribution in [3.8, 4) is 11.1 Å². The van der Waals surface area contributed by atoms with Gasteiger partial charge in [0.25, 0.3) is 6.43 Å². The predicted octanol–water partition coefficient (Wildman–Crippen LogP) is 4.55. The Kier molecular flexibility index (Phi) is 4.09. The smallest absolute Gasteiger partial charge is 0.264 e. The highest BCUT2D eigenvalue weighted by Crippen LogP contribution is 2.31. The van der Waals surface area contributed by atoms with E-state index in [0.717, 1.165) is 16.7 Å². The molecule has 0 aliphatic rings. The Bertz CT molecular complexity index is 555. The first-order chi connectivity index (χ1) is 8.61. The summed E-state index contributed by atoms with van der Waals surface area (Å²) in [6.07, 6.45) is -2.49. The topological polar surface area (TPSA) is 20.2 Å². The fourth-order valence-corrected chi connectivity index (χ4v) is 2.28. The molecule has 0 aromatic heterocycles. The van der Waals surface area contributed by atoms with Gasteiger partial charge in [-0.25, -0.2) is 8.78 Å². The third kappa shape index (κ3) is 2.76. The van der Waals surface area contributed by atoms with Gasteiger partial charge >= 0.3 is 0 Å². The average Bonchev–Trinajstić information content (AvgIpc) is 2.38. The quantitative estimate of drug-likeness (QED) is 0.881. The van der Waals surface area contributed by atoms with Crippen LogP contribution in [0.2, 0.25) is 0 Å². The van der Waals surface area contributed by atoms with E-state index < -0.39 is 6.43 Å². The van der Waals surface area contributed by atoms with Crippen LogP contribution >= 0.6 is 15.9 Å². The second kappa shape index (κ2) is 5.59. The molecule has 0 aliphatic carbocycles. The molecule has 0 saturated carbocycles. The zero-order valence-electron chi connectivity index (χ0n) is 9.41. The first-order valence-electron chi connectivity index (χ1n) is 5.39. The lowest BCUT2D eigenvalue weighted by Crippen LogP contribution is -1.88. The Labute approximate surface area is 112 Å². The van der Waals surface area contributed by atoms with Crippen LogP contribution in [0.25, 0.3) is 11.1 Å². The van der Waals surface area contributed by atoms with Gasteiger partial charge in [0.2, 0.25) is 0 Å². The number of rotatable bonds is 3. The van der Waals surface area contributed by atoms with E-state index in [-0.39, 0.29) is 12.2 Å². The van der Waals surface area contributed by atoms with E-state index in [1.807, 2.05) is 24.3 Å². The van der Waals surface area contributed by atoms with Crippen molar-refractivity contribution in [3.05, 3.63) is 58.1 Å². The highest BCUT2D eigenvalue weighted by Gasteiger charge is 2.12. The highest BCUT2D eigenvalue weighted by atomic mass is 79.9. The van der Waals surface area contributed by atoms with Crippen molar-refractivity contribution < 1.29 is 13.9 Å². The Morgan fingerprint density at radius 1 is 1.06 bits per heavy atom. The SMILES string of the molecule is OCc1cccc(-c2ccc(C(F)F)c(Br)c2)c1. The summed E-state index contributed by atoms with van der Waals surface area (Å²) in [5.74, 6) is 0. The van der Waals surface area contributed by atoms with E-state index >= 15 is 0 Å². The van der Waals surface area contributed by atoms with Gasteiger partial charge in [0.05, 0.1) is 6.61 Å². The Hall–Kier alpha value is -1.26. The summed E-state index contributed by atoms with van der Waals surface area (Å²) in [6.45, 7) is -0.0376. The molecule has 0 saturated heterocycles. The molecule has 18 heavy (non-hydrogen) atoms. The van der Waals surface area contributed by atoms with Gasteiger partial charge < -0.3 is 5.11 Å². The minimum Gasteiger partial charge on any atom is -0.392 e. The number of benzene rings is 2. The van der Waals surface area contributed by atoms with E-state index in [1.165, 1.54) is 6.07 Å². The van der Waals surface area contributed by atoms with Crippen LogP contribution in [0.15, 0.2) is 46.9 Å². The largest absolute Gasteiger partial charge is 0.392 e. The number of hydrogen-bond acceptors (Lipinski definition) is 1. The van der Waals surface area contributed by atoms with Crippen molar-refractivity contribution >= 4 is 15.9 Å². The maximum absolute atomic E-state index is 12.6. The lowest BCUT2D eigenvalue weighted by molar-refractivity contribution is 0.150. The lowest BCUT2D eigenvalue weighted by atomic mass is 10.0. The minimum atomic E-state index is -2.49. The molecule has 0 bridgehead atoms. The van der Waals surface area contributed by atoms with Crippen LogP contribution in [-0.2, 0) is 6.61 Å². The molecule has 2 rings (SSSR count). The van der Waals surface area contributed by atoms with Crippen molar-refractivity contribution in [2.45, 2.75) is 13.0 Å². The van der Waals surface area contributed by atoms with E-state index in [2.05, 4.69) is 15.9 Å². The van der Waals surface area contributed by atoms with Crippen molar-refractivity contribution in [3.63, 3.8) is 0 Å². The van der Waals surface area contributed by atoms with Crippen molar-refractivity contribution in [2.24, 2.45) is 0 Å². The molecule has 94 valence electrons. The summed E-state index contributed by atoms with van der Waals surface area (Å²) in [5, 5.41) is 9.07. The van der Waals surface area contributed by atoms with Gasteiger partial charge in [-0.05, 0) is 28.8 Å².